The van der Waals surface area contributed by atoms with E-state index in [2.05, 4.69) is 46.2 Å². The van der Waals surface area contributed by atoms with Gasteiger partial charge in [0.05, 0.1) is 0 Å². The number of fused-ring (bicyclic) bond motifs is 1. The maximum absolute atomic E-state index is 4.68. The topological polar surface area (TPSA) is 31.4 Å². The van der Waals surface area contributed by atoms with Gasteiger partial charge in [-0.3, -0.25) is 0 Å². The van der Waals surface area contributed by atoms with Gasteiger partial charge in [-0.25, -0.2) is 4.98 Å². The van der Waals surface area contributed by atoms with Crippen LogP contribution < -0.4 is 10.2 Å². The Hall–Kier alpha value is -1.13. The summed E-state index contributed by atoms with van der Waals surface area (Å²) in [4.78, 5) is 9.78. The molecule has 2 atom stereocenters. The van der Waals surface area contributed by atoms with Gasteiger partial charge in [-0.15, -0.1) is 0 Å². The molecule has 0 bridgehead atoms. The van der Waals surface area contributed by atoms with E-state index in [1.54, 1.807) is 0 Å². The van der Waals surface area contributed by atoms with Crippen molar-refractivity contribution < 1.29 is 0 Å². The first-order chi connectivity index (χ1) is 10.3. The van der Waals surface area contributed by atoms with E-state index in [-0.39, 0.29) is 0 Å². The zero-order valence-corrected chi connectivity index (χ0v) is 13.4. The Morgan fingerprint density at radius 2 is 2.24 bits per heavy atom. The van der Waals surface area contributed by atoms with Gasteiger partial charge in [-0.05, 0) is 51.4 Å². The quantitative estimate of drug-likeness (QED) is 0.919. The number of rotatable bonds is 4. The second kappa shape index (κ2) is 6.75. The molecule has 2 saturated heterocycles. The zero-order valence-electron chi connectivity index (χ0n) is 13.4. The van der Waals surface area contributed by atoms with Crippen LogP contribution in [0.25, 0.3) is 0 Å². The monoisotopic (exact) mass is 288 g/mol. The fraction of sp³-hybridized carbons (Fsp3) is 0.706. The van der Waals surface area contributed by atoms with E-state index in [0.29, 0.717) is 0 Å². The third kappa shape index (κ3) is 3.22. The van der Waals surface area contributed by atoms with Crippen LogP contribution >= 0.6 is 0 Å². The highest BCUT2D eigenvalue weighted by Gasteiger charge is 2.34. The fourth-order valence-electron chi connectivity index (χ4n) is 3.96. The summed E-state index contributed by atoms with van der Waals surface area (Å²) in [5.41, 5.74) is 1.34. The molecule has 4 heteroatoms. The highest BCUT2D eigenvalue weighted by molar-refractivity contribution is 5.47. The Labute approximate surface area is 128 Å². The van der Waals surface area contributed by atoms with Crippen molar-refractivity contribution in [2.24, 2.45) is 5.92 Å². The molecule has 0 aliphatic carbocycles. The average molecular weight is 288 g/mol. The second-order valence-corrected chi connectivity index (χ2v) is 6.45. The predicted molar refractivity (Wildman–Crippen MR) is 87.6 cm³/mol. The Kier molecular flexibility index (Phi) is 4.76. The minimum atomic E-state index is 0.788. The number of nitrogens with one attached hydrogen (secondary N) is 1. The lowest BCUT2D eigenvalue weighted by molar-refractivity contribution is 0.102. The summed E-state index contributed by atoms with van der Waals surface area (Å²) >= 11 is 0. The molecule has 3 rings (SSSR count). The van der Waals surface area contributed by atoms with Crippen LogP contribution in [0, 0.1) is 5.92 Å². The molecule has 4 nitrogen and oxygen atoms in total. The molecule has 1 N–H and O–H groups in total. The minimum Gasteiger partial charge on any atom is -0.356 e. The van der Waals surface area contributed by atoms with E-state index in [1.807, 2.05) is 6.20 Å². The van der Waals surface area contributed by atoms with Crippen molar-refractivity contribution in [3.8, 4) is 0 Å². The van der Waals surface area contributed by atoms with Crippen LogP contribution in [0.2, 0.25) is 0 Å². The third-order valence-corrected chi connectivity index (χ3v) is 5.08. The minimum absolute atomic E-state index is 0.788. The highest BCUT2D eigenvalue weighted by atomic mass is 15.2. The van der Waals surface area contributed by atoms with Crippen LogP contribution in [0.3, 0.4) is 0 Å². The maximum Gasteiger partial charge on any atom is 0.133 e. The zero-order chi connectivity index (χ0) is 14.7. The highest BCUT2D eigenvalue weighted by Crippen LogP contribution is 2.32. The number of piperidine rings is 2. The molecule has 3 heterocycles. The van der Waals surface area contributed by atoms with E-state index in [1.165, 1.54) is 43.7 Å². The molecule has 21 heavy (non-hydrogen) atoms. The van der Waals surface area contributed by atoms with Crippen molar-refractivity contribution in [3.63, 3.8) is 0 Å². The van der Waals surface area contributed by atoms with Gasteiger partial charge in [-0.1, -0.05) is 13.0 Å². The normalized spacial score (nSPS) is 26.7. The van der Waals surface area contributed by atoms with E-state index in [4.69, 9.17) is 0 Å². The molecule has 2 aliphatic heterocycles. The molecule has 1 aromatic rings. The lowest BCUT2D eigenvalue weighted by atomic mass is 9.84. The van der Waals surface area contributed by atoms with E-state index in [0.717, 1.165) is 31.6 Å². The number of aromatic nitrogens is 1. The fourth-order valence-corrected chi connectivity index (χ4v) is 3.96. The first-order valence-electron chi connectivity index (χ1n) is 8.39. The lowest BCUT2D eigenvalue weighted by Gasteiger charge is -2.46. The summed E-state index contributed by atoms with van der Waals surface area (Å²) in [5.74, 6) is 2.01. The summed E-state index contributed by atoms with van der Waals surface area (Å²) in [5, 5.41) is 3.43. The first-order valence-corrected chi connectivity index (χ1v) is 8.39. The van der Waals surface area contributed by atoms with Crippen LogP contribution in [-0.2, 0) is 6.54 Å². The summed E-state index contributed by atoms with van der Waals surface area (Å²) < 4.78 is 0. The number of hydrogen-bond donors (Lipinski definition) is 1. The standard InChI is InChI=1S/C17H28N4/c1-3-18-12-14-6-4-9-19-17(14)21-11-8-16-15(13-21)7-5-10-20(16)2/h4,6,9,15-16,18H,3,5,7-8,10-13H2,1-2H3. The SMILES string of the molecule is CCNCc1cccnc1N1CCC2C(CCCN2C)C1. The van der Waals surface area contributed by atoms with Gasteiger partial charge in [0.1, 0.15) is 5.82 Å². The molecule has 0 aromatic carbocycles. The summed E-state index contributed by atoms with van der Waals surface area (Å²) in [7, 11) is 2.30. The molecule has 0 spiro atoms. The van der Waals surface area contributed by atoms with Gasteiger partial charge < -0.3 is 15.1 Å². The van der Waals surface area contributed by atoms with Crippen molar-refractivity contribution in [3.05, 3.63) is 23.9 Å². The molecular formula is C17H28N4. The van der Waals surface area contributed by atoms with Crippen LogP contribution in [0.4, 0.5) is 5.82 Å². The first kappa shape index (κ1) is 14.8. The van der Waals surface area contributed by atoms with Crippen molar-refractivity contribution in [1.82, 2.24) is 15.2 Å². The Morgan fingerprint density at radius 3 is 3.10 bits per heavy atom. The molecule has 2 aliphatic rings. The lowest BCUT2D eigenvalue weighted by Crippen LogP contribution is -2.53. The van der Waals surface area contributed by atoms with Gasteiger partial charge in [0.15, 0.2) is 0 Å². The van der Waals surface area contributed by atoms with Crippen molar-refractivity contribution >= 4 is 5.82 Å². The smallest absolute Gasteiger partial charge is 0.133 e. The third-order valence-electron chi connectivity index (χ3n) is 5.08. The largest absolute Gasteiger partial charge is 0.356 e. The molecule has 0 saturated carbocycles. The Bertz CT molecular complexity index is 462. The van der Waals surface area contributed by atoms with E-state index < -0.39 is 0 Å². The average Bonchev–Trinajstić information content (AvgIpc) is 2.53. The number of pyridine rings is 1. The molecule has 116 valence electrons. The van der Waals surface area contributed by atoms with Gasteiger partial charge in [0.2, 0.25) is 0 Å². The molecule has 0 radical (unpaired) electrons. The van der Waals surface area contributed by atoms with Crippen molar-refractivity contribution in [2.75, 3.05) is 38.1 Å². The predicted octanol–water partition coefficient (Wildman–Crippen LogP) is 2.11. The number of hydrogen-bond acceptors (Lipinski definition) is 4. The summed E-state index contributed by atoms with van der Waals surface area (Å²) in [6.07, 6.45) is 5.93. The number of nitrogens with zero attached hydrogens (tertiary/aromatic N) is 3. The van der Waals surface area contributed by atoms with Gasteiger partial charge in [0, 0.05) is 37.4 Å². The van der Waals surface area contributed by atoms with E-state index in [9.17, 15) is 0 Å². The molecule has 0 amide bonds. The Morgan fingerprint density at radius 1 is 1.33 bits per heavy atom. The Balaban J connectivity index is 1.73. The van der Waals surface area contributed by atoms with Gasteiger partial charge >= 0.3 is 0 Å². The van der Waals surface area contributed by atoms with Crippen LogP contribution in [0.15, 0.2) is 18.3 Å². The van der Waals surface area contributed by atoms with Crippen molar-refractivity contribution in [2.45, 2.75) is 38.8 Å². The van der Waals surface area contributed by atoms with Crippen LogP contribution in [-0.4, -0.2) is 49.2 Å². The maximum atomic E-state index is 4.68. The molecule has 1 aromatic heterocycles. The van der Waals surface area contributed by atoms with Gasteiger partial charge in [0.25, 0.3) is 0 Å². The van der Waals surface area contributed by atoms with Crippen LogP contribution in [0.5, 0.6) is 0 Å². The summed E-state index contributed by atoms with van der Waals surface area (Å²) in [6, 6.07) is 5.05. The van der Waals surface area contributed by atoms with E-state index >= 15 is 0 Å². The van der Waals surface area contributed by atoms with Gasteiger partial charge in [-0.2, -0.15) is 0 Å². The molecule has 2 fully saturated rings. The summed E-state index contributed by atoms with van der Waals surface area (Å²) in [6.45, 7) is 7.66. The van der Waals surface area contributed by atoms with Crippen molar-refractivity contribution in [1.29, 1.82) is 0 Å². The second-order valence-electron chi connectivity index (χ2n) is 6.45. The van der Waals surface area contributed by atoms with Crippen LogP contribution in [0.1, 0.15) is 31.7 Å². The molecular weight excluding hydrogens is 260 g/mol. The number of anilines is 1. The number of likely N-dealkylation sites (tertiary alicyclic amines) is 1. The molecule has 2 unspecified atom stereocenters.